The summed E-state index contributed by atoms with van der Waals surface area (Å²) in [5.41, 5.74) is 8.83. The number of ether oxygens (including phenoxy) is 1. The Kier molecular flexibility index (Phi) is 4.52. The molecular formula is C17H24ClNO. The first-order valence-corrected chi connectivity index (χ1v) is 8.30. The Morgan fingerprint density at radius 1 is 1.25 bits per heavy atom. The highest BCUT2D eigenvalue weighted by molar-refractivity contribution is 6.30. The van der Waals surface area contributed by atoms with E-state index in [1.54, 1.807) is 0 Å². The zero-order chi connectivity index (χ0) is 13.9. The molecule has 1 aromatic rings. The molecule has 1 aliphatic heterocycles. The van der Waals surface area contributed by atoms with E-state index in [0.29, 0.717) is 0 Å². The van der Waals surface area contributed by atoms with Gasteiger partial charge in [0.1, 0.15) is 5.75 Å². The maximum Gasteiger partial charge on any atom is 0.125 e. The van der Waals surface area contributed by atoms with Crippen LogP contribution < -0.4 is 10.5 Å². The Bertz CT molecular complexity index is 468. The fourth-order valence-corrected chi connectivity index (χ4v) is 3.98. The first-order chi connectivity index (χ1) is 9.72. The van der Waals surface area contributed by atoms with Gasteiger partial charge in [0.15, 0.2) is 0 Å². The SMILES string of the molecule is NC(Cc1cc(Cl)cc2c1OCC2)CC1CCCCC1. The summed E-state index contributed by atoms with van der Waals surface area (Å²) in [6, 6.07) is 4.29. The lowest BCUT2D eigenvalue weighted by atomic mass is 9.83. The maximum atomic E-state index is 6.38. The van der Waals surface area contributed by atoms with Crippen molar-refractivity contribution in [2.24, 2.45) is 11.7 Å². The minimum absolute atomic E-state index is 0.227. The number of hydrogen-bond donors (Lipinski definition) is 1. The van der Waals surface area contributed by atoms with Crippen molar-refractivity contribution >= 4 is 11.6 Å². The van der Waals surface area contributed by atoms with Crippen LogP contribution >= 0.6 is 11.6 Å². The predicted molar refractivity (Wildman–Crippen MR) is 83.5 cm³/mol. The van der Waals surface area contributed by atoms with Crippen molar-refractivity contribution in [1.29, 1.82) is 0 Å². The summed E-state index contributed by atoms with van der Waals surface area (Å²) in [5, 5.41) is 0.814. The maximum absolute atomic E-state index is 6.38. The van der Waals surface area contributed by atoms with Gasteiger partial charge in [0.25, 0.3) is 0 Å². The zero-order valence-corrected chi connectivity index (χ0v) is 12.8. The molecule has 2 N–H and O–H groups in total. The van der Waals surface area contributed by atoms with Crippen molar-refractivity contribution in [2.75, 3.05) is 6.61 Å². The van der Waals surface area contributed by atoms with E-state index in [1.165, 1.54) is 43.2 Å². The van der Waals surface area contributed by atoms with E-state index in [9.17, 15) is 0 Å². The van der Waals surface area contributed by atoms with Crippen LogP contribution in [0.2, 0.25) is 5.02 Å². The monoisotopic (exact) mass is 293 g/mol. The normalized spacial score (nSPS) is 20.5. The first-order valence-electron chi connectivity index (χ1n) is 7.92. The van der Waals surface area contributed by atoms with E-state index in [1.807, 2.05) is 12.1 Å². The van der Waals surface area contributed by atoms with E-state index in [0.717, 1.165) is 42.6 Å². The van der Waals surface area contributed by atoms with Crippen LogP contribution in [0, 0.1) is 5.92 Å². The summed E-state index contributed by atoms with van der Waals surface area (Å²) in [6.45, 7) is 0.778. The number of benzene rings is 1. The van der Waals surface area contributed by atoms with Crippen LogP contribution in [0.4, 0.5) is 0 Å². The standard InChI is InChI=1S/C17H24ClNO/c18-15-9-13-6-7-20-17(13)14(10-15)11-16(19)8-12-4-2-1-3-5-12/h9-10,12,16H,1-8,11,19H2. The number of hydrogen-bond acceptors (Lipinski definition) is 2. The highest BCUT2D eigenvalue weighted by Crippen LogP contribution is 2.34. The van der Waals surface area contributed by atoms with Gasteiger partial charge in [-0.2, -0.15) is 0 Å². The van der Waals surface area contributed by atoms with Crippen LogP contribution in [-0.2, 0) is 12.8 Å². The lowest BCUT2D eigenvalue weighted by molar-refractivity contribution is 0.314. The van der Waals surface area contributed by atoms with Gasteiger partial charge in [0, 0.05) is 17.5 Å². The highest BCUT2D eigenvalue weighted by Gasteiger charge is 2.21. The Morgan fingerprint density at radius 3 is 2.85 bits per heavy atom. The van der Waals surface area contributed by atoms with Crippen molar-refractivity contribution in [3.05, 3.63) is 28.3 Å². The Morgan fingerprint density at radius 2 is 2.05 bits per heavy atom. The molecule has 1 heterocycles. The zero-order valence-electron chi connectivity index (χ0n) is 12.0. The molecule has 1 aromatic carbocycles. The fraction of sp³-hybridized carbons (Fsp3) is 0.647. The van der Waals surface area contributed by atoms with Gasteiger partial charge in [-0.15, -0.1) is 0 Å². The molecule has 1 aliphatic carbocycles. The first kappa shape index (κ1) is 14.2. The van der Waals surface area contributed by atoms with Gasteiger partial charge in [-0.1, -0.05) is 43.7 Å². The Labute approximate surface area is 126 Å². The molecule has 0 saturated heterocycles. The molecule has 0 spiro atoms. The van der Waals surface area contributed by atoms with Gasteiger partial charge in [0.2, 0.25) is 0 Å². The number of fused-ring (bicyclic) bond motifs is 1. The number of halogens is 1. The van der Waals surface area contributed by atoms with Crippen molar-refractivity contribution in [3.8, 4) is 5.75 Å². The second-order valence-electron chi connectivity index (χ2n) is 6.36. The highest BCUT2D eigenvalue weighted by atomic mass is 35.5. The summed E-state index contributed by atoms with van der Waals surface area (Å²) in [4.78, 5) is 0. The van der Waals surface area contributed by atoms with Crippen LogP contribution in [0.15, 0.2) is 12.1 Å². The summed E-state index contributed by atoms with van der Waals surface area (Å²) < 4.78 is 5.76. The van der Waals surface area contributed by atoms with Gasteiger partial charge in [-0.3, -0.25) is 0 Å². The second-order valence-corrected chi connectivity index (χ2v) is 6.79. The van der Waals surface area contributed by atoms with Crippen molar-refractivity contribution in [1.82, 2.24) is 0 Å². The van der Waals surface area contributed by atoms with Gasteiger partial charge in [-0.05, 0) is 42.0 Å². The molecule has 0 aromatic heterocycles. The molecule has 1 saturated carbocycles. The third-order valence-electron chi connectivity index (χ3n) is 4.67. The average Bonchev–Trinajstić information content (AvgIpc) is 2.88. The van der Waals surface area contributed by atoms with E-state index in [4.69, 9.17) is 22.1 Å². The number of rotatable bonds is 4. The molecule has 0 amide bonds. The van der Waals surface area contributed by atoms with Crippen molar-refractivity contribution < 1.29 is 4.74 Å². The smallest absolute Gasteiger partial charge is 0.125 e. The molecule has 1 atom stereocenters. The summed E-state index contributed by atoms with van der Waals surface area (Å²) in [7, 11) is 0. The van der Waals surface area contributed by atoms with Gasteiger partial charge in [-0.25, -0.2) is 0 Å². The molecule has 0 bridgehead atoms. The minimum atomic E-state index is 0.227. The molecule has 0 radical (unpaired) electrons. The van der Waals surface area contributed by atoms with E-state index in [2.05, 4.69) is 0 Å². The molecule has 2 nitrogen and oxygen atoms in total. The van der Waals surface area contributed by atoms with Crippen LogP contribution in [-0.4, -0.2) is 12.6 Å². The topological polar surface area (TPSA) is 35.2 Å². The third-order valence-corrected chi connectivity index (χ3v) is 4.89. The number of nitrogens with two attached hydrogens (primary N) is 1. The van der Waals surface area contributed by atoms with Gasteiger partial charge < -0.3 is 10.5 Å². The van der Waals surface area contributed by atoms with Gasteiger partial charge >= 0.3 is 0 Å². The fourth-order valence-electron chi connectivity index (χ4n) is 3.71. The molecular weight excluding hydrogens is 270 g/mol. The quantitative estimate of drug-likeness (QED) is 0.906. The molecule has 3 heteroatoms. The second kappa shape index (κ2) is 6.36. The Balaban J connectivity index is 1.65. The van der Waals surface area contributed by atoms with Crippen molar-refractivity contribution in [3.63, 3.8) is 0 Å². The largest absolute Gasteiger partial charge is 0.493 e. The molecule has 20 heavy (non-hydrogen) atoms. The molecule has 3 rings (SSSR count). The van der Waals surface area contributed by atoms with Crippen LogP contribution in [0.1, 0.15) is 49.7 Å². The van der Waals surface area contributed by atoms with Gasteiger partial charge in [0.05, 0.1) is 6.61 Å². The predicted octanol–water partition coefficient (Wildman–Crippen LogP) is 4.12. The molecule has 110 valence electrons. The van der Waals surface area contributed by atoms with E-state index < -0.39 is 0 Å². The summed E-state index contributed by atoms with van der Waals surface area (Å²) >= 11 is 6.21. The lowest BCUT2D eigenvalue weighted by Gasteiger charge is -2.25. The summed E-state index contributed by atoms with van der Waals surface area (Å²) in [6.07, 6.45) is 9.89. The van der Waals surface area contributed by atoms with Crippen molar-refractivity contribution in [2.45, 2.75) is 57.4 Å². The van der Waals surface area contributed by atoms with Crippen LogP contribution in [0.25, 0.3) is 0 Å². The summed E-state index contributed by atoms with van der Waals surface area (Å²) in [5.74, 6) is 1.88. The molecule has 1 unspecified atom stereocenters. The molecule has 1 fully saturated rings. The van der Waals surface area contributed by atoms with Crippen LogP contribution in [0.3, 0.4) is 0 Å². The van der Waals surface area contributed by atoms with Crippen LogP contribution in [0.5, 0.6) is 5.75 Å². The average molecular weight is 294 g/mol. The molecule has 2 aliphatic rings. The van der Waals surface area contributed by atoms with E-state index >= 15 is 0 Å². The lowest BCUT2D eigenvalue weighted by Crippen LogP contribution is -2.27. The Hall–Kier alpha value is -0.730. The van der Waals surface area contributed by atoms with E-state index in [-0.39, 0.29) is 6.04 Å². The third kappa shape index (κ3) is 3.29. The minimum Gasteiger partial charge on any atom is -0.493 e.